The lowest BCUT2D eigenvalue weighted by atomic mass is 10.1. The number of amides is 1. The molecule has 1 heterocycles. The summed E-state index contributed by atoms with van der Waals surface area (Å²) in [6, 6.07) is 10.3. The normalized spacial score (nSPS) is 16.8. The minimum Gasteiger partial charge on any atom is -0.496 e. The van der Waals surface area contributed by atoms with Gasteiger partial charge in [-0.2, -0.15) is 0 Å². The summed E-state index contributed by atoms with van der Waals surface area (Å²) in [4.78, 5) is 14.8. The number of morpholine rings is 1. The highest BCUT2D eigenvalue weighted by Gasteiger charge is 2.22. The van der Waals surface area contributed by atoms with Gasteiger partial charge in [-0.3, -0.25) is 9.69 Å². The Morgan fingerprint density at radius 1 is 1.30 bits per heavy atom. The average molecular weight is 454 g/mol. The molecule has 162 valence electrons. The van der Waals surface area contributed by atoms with Crippen LogP contribution < -0.4 is 20.5 Å². The zero-order valence-corrected chi connectivity index (χ0v) is 18.2. The van der Waals surface area contributed by atoms with E-state index in [-0.39, 0.29) is 12.0 Å². The van der Waals surface area contributed by atoms with Crippen LogP contribution in [0.5, 0.6) is 11.5 Å². The topological polar surface area (TPSA) is 86.0 Å². The molecule has 0 bridgehead atoms. The molecule has 1 saturated heterocycles. The van der Waals surface area contributed by atoms with E-state index >= 15 is 0 Å². The van der Waals surface area contributed by atoms with Crippen LogP contribution in [0, 0.1) is 0 Å². The fourth-order valence-corrected chi connectivity index (χ4v) is 3.44. The van der Waals surface area contributed by atoms with Crippen molar-refractivity contribution in [1.82, 2.24) is 10.2 Å². The molecule has 0 saturated carbocycles. The van der Waals surface area contributed by atoms with Crippen molar-refractivity contribution in [3.05, 3.63) is 52.0 Å². The van der Waals surface area contributed by atoms with E-state index in [1.54, 1.807) is 12.1 Å². The Labute approximate surface area is 186 Å². The van der Waals surface area contributed by atoms with Crippen molar-refractivity contribution in [3.8, 4) is 11.5 Å². The molecule has 1 aliphatic rings. The number of rotatable bonds is 8. The Morgan fingerprint density at radius 3 is 2.80 bits per heavy atom. The third-order valence-corrected chi connectivity index (χ3v) is 5.35. The van der Waals surface area contributed by atoms with Gasteiger partial charge >= 0.3 is 0 Å². The second-order valence-electron chi connectivity index (χ2n) is 6.88. The van der Waals surface area contributed by atoms with Crippen LogP contribution in [0.3, 0.4) is 0 Å². The van der Waals surface area contributed by atoms with Gasteiger partial charge in [-0.05, 0) is 30.3 Å². The van der Waals surface area contributed by atoms with Crippen molar-refractivity contribution < 1.29 is 19.0 Å². The van der Waals surface area contributed by atoms with Gasteiger partial charge in [0.05, 0.1) is 36.1 Å². The quantitative estimate of drug-likeness (QED) is 0.597. The van der Waals surface area contributed by atoms with Crippen molar-refractivity contribution in [1.29, 1.82) is 0 Å². The van der Waals surface area contributed by atoms with Crippen LogP contribution >= 0.6 is 23.2 Å². The Balaban J connectivity index is 1.46. The highest BCUT2D eigenvalue weighted by atomic mass is 35.5. The number of carbonyl (C=O) groups is 1. The molecule has 1 atom stereocenters. The molecule has 2 aromatic carbocycles. The number of methoxy groups -OCH3 is 1. The van der Waals surface area contributed by atoms with Crippen LogP contribution in [0.1, 0.15) is 10.4 Å². The number of nitrogen functional groups attached to an aromatic ring is 1. The van der Waals surface area contributed by atoms with Crippen molar-refractivity contribution in [2.45, 2.75) is 6.10 Å². The first-order chi connectivity index (χ1) is 14.5. The maximum atomic E-state index is 12.6. The van der Waals surface area contributed by atoms with E-state index in [2.05, 4.69) is 10.2 Å². The minimum absolute atomic E-state index is 0.117. The van der Waals surface area contributed by atoms with Crippen molar-refractivity contribution in [2.75, 3.05) is 52.2 Å². The number of benzene rings is 2. The van der Waals surface area contributed by atoms with E-state index in [0.717, 1.165) is 18.8 Å². The van der Waals surface area contributed by atoms with E-state index < -0.39 is 0 Å². The summed E-state index contributed by atoms with van der Waals surface area (Å²) < 4.78 is 16.8. The standard InChI is InChI=1S/C21H25Cl2N3O4/c1-28-20-11-19(24)18(23)10-17(20)21(27)25-12-16-13-26(7-9-30-16)6-8-29-15-4-2-14(22)3-5-15/h2-5,10-11,16H,6-9,12-13,24H2,1H3,(H,25,27). The lowest BCUT2D eigenvalue weighted by Gasteiger charge is -2.32. The summed E-state index contributed by atoms with van der Waals surface area (Å²) in [5.74, 6) is 0.869. The third kappa shape index (κ3) is 6.15. The third-order valence-electron chi connectivity index (χ3n) is 4.77. The Hall–Kier alpha value is -2.19. The van der Waals surface area contributed by atoms with Gasteiger partial charge in [0.2, 0.25) is 0 Å². The SMILES string of the molecule is COc1cc(N)c(Cl)cc1C(=O)NCC1CN(CCOc2ccc(Cl)cc2)CCO1. The zero-order chi connectivity index (χ0) is 21.5. The molecule has 0 aliphatic carbocycles. The van der Waals surface area contributed by atoms with Crippen LogP contribution in [-0.2, 0) is 4.74 Å². The summed E-state index contributed by atoms with van der Waals surface area (Å²) in [7, 11) is 1.48. The largest absolute Gasteiger partial charge is 0.496 e. The summed E-state index contributed by atoms with van der Waals surface area (Å²) in [6.07, 6.45) is -0.117. The maximum absolute atomic E-state index is 12.6. The summed E-state index contributed by atoms with van der Waals surface area (Å²) >= 11 is 11.9. The monoisotopic (exact) mass is 453 g/mol. The predicted molar refractivity (Wildman–Crippen MR) is 118 cm³/mol. The van der Waals surface area contributed by atoms with Crippen LogP contribution in [-0.4, -0.2) is 63.4 Å². The van der Waals surface area contributed by atoms with E-state index in [0.29, 0.717) is 53.3 Å². The lowest BCUT2D eigenvalue weighted by molar-refractivity contribution is -0.0293. The maximum Gasteiger partial charge on any atom is 0.255 e. The number of nitrogens with two attached hydrogens (primary N) is 1. The average Bonchev–Trinajstić information content (AvgIpc) is 2.75. The summed E-state index contributed by atoms with van der Waals surface area (Å²) in [6.45, 7) is 3.80. The molecule has 1 fully saturated rings. The number of halogens is 2. The fraction of sp³-hybridized carbons (Fsp3) is 0.381. The van der Waals surface area contributed by atoms with Gasteiger partial charge in [0.25, 0.3) is 5.91 Å². The van der Waals surface area contributed by atoms with Gasteiger partial charge in [0.15, 0.2) is 0 Å². The van der Waals surface area contributed by atoms with Crippen LogP contribution in [0.15, 0.2) is 36.4 Å². The van der Waals surface area contributed by atoms with Crippen molar-refractivity contribution >= 4 is 34.8 Å². The first kappa shape index (κ1) is 22.5. The van der Waals surface area contributed by atoms with Gasteiger partial charge in [-0.1, -0.05) is 23.2 Å². The predicted octanol–water partition coefficient (Wildman–Crippen LogP) is 3.09. The smallest absolute Gasteiger partial charge is 0.255 e. The molecule has 3 N–H and O–H groups in total. The molecular weight excluding hydrogens is 429 g/mol. The molecule has 1 amide bonds. The van der Waals surface area contributed by atoms with Crippen molar-refractivity contribution in [2.24, 2.45) is 0 Å². The lowest BCUT2D eigenvalue weighted by Crippen LogP contribution is -2.48. The van der Waals surface area contributed by atoms with Gasteiger partial charge in [0.1, 0.15) is 18.1 Å². The molecule has 30 heavy (non-hydrogen) atoms. The number of nitrogens with zero attached hydrogens (tertiary/aromatic N) is 1. The first-order valence-corrected chi connectivity index (χ1v) is 10.4. The molecule has 0 radical (unpaired) electrons. The molecule has 2 aromatic rings. The highest BCUT2D eigenvalue weighted by molar-refractivity contribution is 6.33. The van der Waals surface area contributed by atoms with Crippen LogP contribution in [0.4, 0.5) is 5.69 Å². The second-order valence-corrected chi connectivity index (χ2v) is 7.72. The summed E-state index contributed by atoms with van der Waals surface area (Å²) in [5.41, 5.74) is 6.46. The molecule has 7 nitrogen and oxygen atoms in total. The Morgan fingerprint density at radius 2 is 2.07 bits per heavy atom. The van der Waals surface area contributed by atoms with E-state index in [4.69, 9.17) is 43.1 Å². The van der Waals surface area contributed by atoms with Gasteiger partial charge in [0, 0.05) is 37.3 Å². The molecule has 0 aromatic heterocycles. The molecule has 3 rings (SSSR count). The molecule has 9 heteroatoms. The van der Waals surface area contributed by atoms with E-state index in [9.17, 15) is 4.79 Å². The molecule has 1 aliphatic heterocycles. The number of ether oxygens (including phenoxy) is 3. The fourth-order valence-electron chi connectivity index (χ4n) is 3.15. The molecular formula is C21H25Cl2N3O4. The van der Waals surface area contributed by atoms with Crippen LogP contribution in [0.2, 0.25) is 10.0 Å². The first-order valence-electron chi connectivity index (χ1n) is 9.60. The Bertz CT molecular complexity index is 864. The van der Waals surface area contributed by atoms with Gasteiger partial charge in [-0.25, -0.2) is 0 Å². The van der Waals surface area contributed by atoms with E-state index in [1.165, 1.54) is 19.2 Å². The second kappa shape index (κ2) is 10.7. The Kier molecular flexibility index (Phi) is 8.04. The zero-order valence-electron chi connectivity index (χ0n) is 16.7. The van der Waals surface area contributed by atoms with Gasteiger partial charge < -0.3 is 25.3 Å². The van der Waals surface area contributed by atoms with Crippen LogP contribution in [0.25, 0.3) is 0 Å². The number of carbonyl (C=O) groups excluding carboxylic acids is 1. The van der Waals surface area contributed by atoms with E-state index in [1.807, 2.05) is 12.1 Å². The number of hydrogen-bond acceptors (Lipinski definition) is 6. The minimum atomic E-state index is -0.291. The summed E-state index contributed by atoms with van der Waals surface area (Å²) in [5, 5.41) is 3.87. The molecule has 1 unspecified atom stereocenters. The number of hydrogen-bond donors (Lipinski definition) is 2. The number of anilines is 1. The number of nitrogens with one attached hydrogen (secondary N) is 1. The van der Waals surface area contributed by atoms with Gasteiger partial charge in [-0.15, -0.1) is 0 Å². The highest BCUT2D eigenvalue weighted by Crippen LogP contribution is 2.28. The molecule has 0 spiro atoms. The van der Waals surface area contributed by atoms with Crippen molar-refractivity contribution in [3.63, 3.8) is 0 Å².